The van der Waals surface area contributed by atoms with Crippen LogP contribution in [0, 0.1) is 11.8 Å². The molecule has 0 bridgehead atoms. The van der Waals surface area contributed by atoms with Crippen molar-refractivity contribution in [2.24, 2.45) is 11.8 Å². The van der Waals surface area contributed by atoms with Crippen LogP contribution in [0.15, 0.2) is 67.3 Å². The summed E-state index contributed by atoms with van der Waals surface area (Å²) in [4.78, 5) is 8.76. The van der Waals surface area contributed by atoms with Crippen molar-refractivity contribution in [3.05, 3.63) is 84.1 Å². The van der Waals surface area contributed by atoms with Crippen LogP contribution in [0.2, 0.25) is 0 Å². The number of aromatic nitrogens is 4. The van der Waals surface area contributed by atoms with Crippen molar-refractivity contribution in [3.63, 3.8) is 0 Å². The highest BCUT2D eigenvalue weighted by molar-refractivity contribution is 5.82. The van der Waals surface area contributed by atoms with Crippen LogP contribution in [-0.2, 0) is 17.4 Å². The highest BCUT2D eigenvalue weighted by Gasteiger charge is 2.53. The van der Waals surface area contributed by atoms with Crippen molar-refractivity contribution in [2.45, 2.75) is 68.8 Å². The van der Waals surface area contributed by atoms with E-state index in [2.05, 4.69) is 22.1 Å². The first-order chi connectivity index (χ1) is 17.1. The van der Waals surface area contributed by atoms with Gasteiger partial charge in [-0.1, -0.05) is 18.9 Å². The monoisotopic (exact) mass is 464 g/mol. The lowest BCUT2D eigenvalue weighted by molar-refractivity contribution is -0.0584. The van der Waals surface area contributed by atoms with Gasteiger partial charge in [0.2, 0.25) is 0 Å². The molecule has 0 unspecified atom stereocenters. The van der Waals surface area contributed by atoms with Crippen LogP contribution in [0.25, 0.3) is 16.6 Å². The van der Waals surface area contributed by atoms with Gasteiger partial charge in [0.15, 0.2) is 0 Å². The maximum absolute atomic E-state index is 11.8. The summed E-state index contributed by atoms with van der Waals surface area (Å²) in [5.41, 5.74) is 5.42. The standard InChI is InChI=1S/C30H32N4O/c35-30(28-6-1-2-13-32-28)12-11-29(18-21-7-8-21)24(19-30)5-3-4-22-17-27-23(16-26(22)29)20-33-34(27)25-9-14-31-15-10-25/h1-2,6,9-10,13-17,20-21,24,35H,3-5,7-8,11-12,18-19H2/t24-,29+,30+/m1/s1. The zero-order valence-electron chi connectivity index (χ0n) is 20.1. The van der Waals surface area contributed by atoms with Gasteiger partial charge in [-0.15, -0.1) is 0 Å². The molecule has 3 atom stereocenters. The van der Waals surface area contributed by atoms with E-state index in [1.54, 1.807) is 0 Å². The molecule has 3 heterocycles. The van der Waals surface area contributed by atoms with Gasteiger partial charge in [0, 0.05) is 24.0 Å². The number of benzene rings is 1. The molecule has 0 saturated heterocycles. The third-order valence-electron chi connectivity index (χ3n) is 9.08. The topological polar surface area (TPSA) is 63.8 Å². The van der Waals surface area contributed by atoms with E-state index in [1.807, 2.05) is 59.8 Å². The smallest absolute Gasteiger partial charge is 0.107 e. The first-order valence-corrected chi connectivity index (χ1v) is 13.2. The lowest BCUT2D eigenvalue weighted by Crippen LogP contribution is -2.47. The van der Waals surface area contributed by atoms with Gasteiger partial charge < -0.3 is 5.11 Å². The predicted octanol–water partition coefficient (Wildman–Crippen LogP) is 5.88. The molecule has 4 aromatic rings. The molecule has 5 heteroatoms. The first-order valence-electron chi connectivity index (χ1n) is 13.2. The van der Waals surface area contributed by atoms with Gasteiger partial charge in [-0.25, -0.2) is 4.68 Å². The number of hydrogen-bond donors (Lipinski definition) is 1. The fourth-order valence-electron chi connectivity index (χ4n) is 7.18. The average molecular weight is 465 g/mol. The Morgan fingerprint density at radius 3 is 2.69 bits per heavy atom. The number of nitrogens with zero attached hydrogens (tertiary/aromatic N) is 4. The molecule has 0 amide bonds. The Morgan fingerprint density at radius 2 is 1.89 bits per heavy atom. The third-order valence-corrected chi connectivity index (χ3v) is 9.08. The quantitative estimate of drug-likeness (QED) is 0.410. The van der Waals surface area contributed by atoms with Crippen molar-refractivity contribution in [3.8, 4) is 5.69 Å². The van der Waals surface area contributed by atoms with E-state index in [-0.39, 0.29) is 5.41 Å². The Morgan fingerprint density at radius 1 is 1.00 bits per heavy atom. The molecule has 3 aliphatic carbocycles. The van der Waals surface area contributed by atoms with Crippen molar-refractivity contribution in [2.75, 3.05) is 0 Å². The van der Waals surface area contributed by atoms with Gasteiger partial charge in [-0.05, 0) is 110 Å². The number of aryl methyl sites for hydroxylation is 1. The second-order valence-corrected chi connectivity index (χ2v) is 11.2. The molecular weight excluding hydrogens is 432 g/mol. The Labute approximate surface area is 206 Å². The molecule has 35 heavy (non-hydrogen) atoms. The first kappa shape index (κ1) is 21.3. The van der Waals surface area contributed by atoms with Crippen molar-refractivity contribution in [1.29, 1.82) is 0 Å². The highest BCUT2D eigenvalue weighted by Crippen LogP contribution is 2.59. The number of aliphatic hydroxyl groups is 1. The molecule has 1 N–H and O–H groups in total. The molecular formula is C30H32N4O. The summed E-state index contributed by atoms with van der Waals surface area (Å²) in [6, 6.07) is 14.9. The molecule has 2 fully saturated rings. The van der Waals surface area contributed by atoms with Crippen LogP contribution in [0.3, 0.4) is 0 Å². The Balaban J connectivity index is 1.34. The fourth-order valence-corrected chi connectivity index (χ4v) is 7.18. The van der Waals surface area contributed by atoms with Crippen molar-refractivity contribution >= 4 is 10.9 Å². The summed E-state index contributed by atoms with van der Waals surface area (Å²) < 4.78 is 2.05. The van der Waals surface area contributed by atoms with E-state index in [0.29, 0.717) is 5.92 Å². The van der Waals surface area contributed by atoms with Gasteiger partial charge in [0.05, 0.1) is 23.1 Å². The molecule has 0 aliphatic heterocycles. The van der Waals surface area contributed by atoms with E-state index in [1.165, 1.54) is 47.7 Å². The minimum atomic E-state index is -0.820. The average Bonchev–Trinajstić information content (AvgIpc) is 3.64. The number of hydrogen-bond acceptors (Lipinski definition) is 4. The number of pyridine rings is 2. The summed E-state index contributed by atoms with van der Waals surface area (Å²) in [5.74, 6) is 1.30. The fraction of sp³-hybridized carbons (Fsp3) is 0.433. The van der Waals surface area contributed by atoms with Crippen LogP contribution in [0.4, 0.5) is 0 Å². The predicted molar refractivity (Wildman–Crippen MR) is 136 cm³/mol. The van der Waals surface area contributed by atoms with Crippen LogP contribution in [-0.4, -0.2) is 24.9 Å². The summed E-state index contributed by atoms with van der Waals surface area (Å²) in [7, 11) is 0. The molecule has 1 aromatic carbocycles. The van der Waals surface area contributed by atoms with Gasteiger partial charge in [0.25, 0.3) is 0 Å². The Kier molecular flexibility index (Phi) is 4.85. The zero-order chi connectivity index (χ0) is 23.5. The minimum absolute atomic E-state index is 0.140. The maximum atomic E-state index is 11.8. The molecule has 178 valence electrons. The third kappa shape index (κ3) is 3.51. The van der Waals surface area contributed by atoms with Crippen LogP contribution in [0.1, 0.15) is 68.2 Å². The Hall–Kier alpha value is -3.05. The van der Waals surface area contributed by atoms with Gasteiger partial charge in [0.1, 0.15) is 5.60 Å². The lowest BCUT2D eigenvalue weighted by Gasteiger charge is -2.50. The SMILES string of the molecule is O[C@@]1(c2ccccn2)CC[C@@]2(CC3CC3)c3cc4cnn(-c5ccncc5)c4cc3CCC[C@@H]2C1. The molecule has 0 spiro atoms. The maximum Gasteiger partial charge on any atom is 0.107 e. The van der Waals surface area contributed by atoms with Crippen molar-refractivity contribution < 1.29 is 5.11 Å². The lowest BCUT2D eigenvalue weighted by atomic mass is 9.55. The van der Waals surface area contributed by atoms with Crippen molar-refractivity contribution in [1.82, 2.24) is 19.7 Å². The highest BCUT2D eigenvalue weighted by atomic mass is 16.3. The summed E-state index contributed by atoms with van der Waals surface area (Å²) in [5, 5.41) is 17.8. The van der Waals surface area contributed by atoms with Gasteiger partial charge in [-0.3, -0.25) is 9.97 Å². The normalized spacial score (nSPS) is 28.3. The largest absolute Gasteiger partial charge is 0.384 e. The zero-order valence-corrected chi connectivity index (χ0v) is 20.1. The van der Waals surface area contributed by atoms with E-state index in [9.17, 15) is 5.11 Å². The summed E-state index contributed by atoms with van der Waals surface area (Å²) in [6.45, 7) is 0. The van der Waals surface area contributed by atoms with Crippen LogP contribution < -0.4 is 0 Å². The Bertz CT molecular complexity index is 1360. The van der Waals surface area contributed by atoms with E-state index in [4.69, 9.17) is 5.10 Å². The molecule has 5 nitrogen and oxygen atoms in total. The second kappa shape index (κ2) is 7.99. The number of fused-ring (bicyclic) bond motifs is 4. The van der Waals surface area contributed by atoms with E-state index < -0.39 is 5.60 Å². The van der Waals surface area contributed by atoms with E-state index >= 15 is 0 Å². The van der Waals surface area contributed by atoms with Crippen LogP contribution >= 0.6 is 0 Å². The van der Waals surface area contributed by atoms with Gasteiger partial charge in [-0.2, -0.15) is 5.10 Å². The second-order valence-electron chi connectivity index (χ2n) is 11.2. The minimum Gasteiger partial charge on any atom is -0.384 e. The molecule has 0 radical (unpaired) electrons. The van der Waals surface area contributed by atoms with Crippen LogP contribution in [0.5, 0.6) is 0 Å². The summed E-state index contributed by atoms with van der Waals surface area (Å²) in [6.07, 6.45) is 17.5. The molecule has 3 aliphatic rings. The molecule has 3 aromatic heterocycles. The number of rotatable bonds is 4. The molecule has 7 rings (SSSR count). The summed E-state index contributed by atoms with van der Waals surface area (Å²) >= 11 is 0. The van der Waals surface area contributed by atoms with E-state index in [0.717, 1.165) is 49.4 Å². The molecule has 2 saturated carbocycles. The van der Waals surface area contributed by atoms with Gasteiger partial charge >= 0.3 is 0 Å².